The lowest BCUT2D eigenvalue weighted by Gasteiger charge is -2.33. The second-order valence-electron chi connectivity index (χ2n) is 6.40. The van der Waals surface area contributed by atoms with Crippen molar-refractivity contribution in [2.75, 3.05) is 0 Å². The number of aliphatic hydroxyl groups is 1. The van der Waals surface area contributed by atoms with Crippen molar-refractivity contribution in [1.29, 1.82) is 0 Å². The van der Waals surface area contributed by atoms with E-state index in [1.165, 1.54) is 0 Å². The number of aliphatic carboxylic acids is 1. The first-order valence-corrected chi connectivity index (χ1v) is 6.34. The number of hydrogen-bond acceptors (Lipinski definition) is 2. The first-order chi connectivity index (χ1) is 8.01. The summed E-state index contributed by atoms with van der Waals surface area (Å²) >= 11 is 0. The molecule has 1 aliphatic rings. The Hall–Kier alpha value is -0.710. The van der Waals surface area contributed by atoms with Crippen LogP contribution in [0.15, 0.2) is 0 Å². The van der Waals surface area contributed by atoms with Crippen molar-refractivity contribution >= 4 is 5.97 Å². The molecule has 1 aliphatic carbocycles. The third-order valence-corrected chi connectivity index (χ3v) is 4.13. The van der Waals surface area contributed by atoms with Crippen LogP contribution < -0.4 is 0 Å². The standard InChI is InChI=1S/C13H22F2O3/c1-11(2,3)9-5-4-7-12(18,8-6-9)13(14,15)10(16)17/h9,18H,4-8H2,1-3H3,(H,16,17). The molecular weight excluding hydrogens is 242 g/mol. The molecule has 1 rings (SSSR count). The van der Waals surface area contributed by atoms with Gasteiger partial charge in [-0.15, -0.1) is 0 Å². The molecular formula is C13H22F2O3. The minimum Gasteiger partial charge on any atom is -0.477 e. The van der Waals surface area contributed by atoms with Crippen molar-refractivity contribution in [3.05, 3.63) is 0 Å². The van der Waals surface area contributed by atoms with Gasteiger partial charge >= 0.3 is 11.9 Å². The van der Waals surface area contributed by atoms with Crippen LogP contribution in [0, 0.1) is 11.3 Å². The van der Waals surface area contributed by atoms with E-state index in [-0.39, 0.29) is 24.2 Å². The van der Waals surface area contributed by atoms with Crippen molar-refractivity contribution in [3.8, 4) is 0 Å². The van der Waals surface area contributed by atoms with Gasteiger partial charge < -0.3 is 10.2 Å². The third-order valence-electron chi connectivity index (χ3n) is 4.13. The second kappa shape index (κ2) is 4.76. The second-order valence-corrected chi connectivity index (χ2v) is 6.40. The van der Waals surface area contributed by atoms with Crippen LogP contribution in [0.25, 0.3) is 0 Å². The third kappa shape index (κ3) is 2.82. The van der Waals surface area contributed by atoms with Crippen LogP contribution in [0.2, 0.25) is 0 Å². The lowest BCUT2D eigenvalue weighted by Crippen LogP contribution is -2.53. The summed E-state index contributed by atoms with van der Waals surface area (Å²) in [5, 5.41) is 18.6. The minimum absolute atomic E-state index is 0.0102. The molecule has 0 saturated heterocycles. The van der Waals surface area contributed by atoms with E-state index in [1.54, 1.807) is 0 Å². The van der Waals surface area contributed by atoms with Crippen molar-refractivity contribution in [3.63, 3.8) is 0 Å². The van der Waals surface area contributed by atoms with E-state index in [0.717, 1.165) is 6.42 Å². The topological polar surface area (TPSA) is 57.5 Å². The zero-order chi connectivity index (χ0) is 14.2. The Balaban J connectivity index is 2.87. The fourth-order valence-electron chi connectivity index (χ4n) is 2.70. The molecule has 106 valence electrons. The minimum atomic E-state index is -4.07. The lowest BCUT2D eigenvalue weighted by atomic mass is 9.76. The maximum atomic E-state index is 13.6. The van der Waals surface area contributed by atoms with Gasteiger partial charge in [-0.3, -0.25) is 0 Å². The van der Waals surface area contributed by atoms with E-state index in [2.05, 4.69) is 0 Å². The Labute approximate surface area is 106 Å². The molecule has 0 bridgehead atoms. The van der Waals surface area contributed by atoms with E-state index in [1.807, 2.05) is 20.8 Å². The van der Waals surface area contributed by atoms with Crippen molar-refractivity contribution in [2.45, 2.75) is 64.4 Å². The summed E-state index contributed by atoms with van der Waals surface area (Å²) in [4.78, 5) is 10.6. The van der Waals surface area contributed by atoms with Gasteiger partial charge in [-0.2, -0.15) is 8.78 Å². The van der Waals surface area contributed by atoms with Crippen LogP contribution in [0.1, 0.15) is 52.9 Å². The Morgan fingerprint density at radius 2 is 1.78 bits per heavy atom. The van der Waals surface area contributed by atoms with Gasteiger partial charge in [-0.1, -0.05) is 27.2 Å². The number of carboxylic acids is 1. The van der Waals surface area contributed by atoms with Crippen LogP contribution in [0.5, 0.6) is 0 Å². The molecule has 0 amide bonds. The zero-order valence-corrected chi connectivity index (χ0v) is 11.2. The van der Waals surface area contributed by atoms with E-state index >= 15 is 0 Å². The monoisotopic (exact) mass is 264 g/mol. The molecule has 0 aromatic rings. The van der Waals surface area contributed by atoms with E-state index < -0.39 is 17.5 Å². The highest BCUT2D eigenvalue weighted by Gasteiger charge is 2.58. The number of rotatable bonds is 2. The van der Waals surface area contributed by atoms with Crippen LogP contribution in [0.3, 0.4) is 0 Å². The van der Waals surface area contributed by atoms with Crippen LogP contribution in [0.4, 0.5) is 8.78 Å². The Morgan fingerprint density at radius 1 is 1.22 bits per heavy atom. The zero-order valence-electron chi connectivity index (χ0n) is 11.2. The molecule has 0 heterocycles. The largest absolute Gasteiger partial charge is 0.477 e. The van der Waals surface area contributed by atoms with E-state index in [4.69, 9.17) is 5.11 Å². The molecule has 2 unspecified atom stereocenters. The molecule has 0 aromatic carbocycles. The summed E-state index contributed by atoms with van der Waals surface area (Å²) < 4.78 is 27.1. The normalized spacial score (nSPS) is 30.9. The smallest absolute Gasteiger partial charge is 0.377 e. The van der Waals surface area contributed by atoms with Crippen molar-refractivity contribution < 1.29 is 23.8 Å². The summed E-state index contributed by atoms with van der Waals surface area (Å²) in [5.74, 6) is -6.07. The quantitative estimate of drug-likeness (QED) is 0.754. The number of alkyl halides is 2. The molecule has 1 saturated carbocycles. The predicted octanol–water partition coefficient (Wildman–Crippen LogP) is 3.06. The molecule has 0 radical (unpaired) electrons. The van der Waals surface area contributed by atoms with Gasteiger partial charge in [0.05, 0.1) is 0 Å². The molecule has 0 aliphatic heterocycles. The number of carboxylic acid groups (broad SMARTS) is 1. The van der Waals surface area contributed by atoms with Gasteiger partial charge in [0.15, 0.2) is 0 Å². The van der Waals surface area contributed by atoms with Gasteiger partial charge in [0.2, 0.25) is 0 Å². The number of carbonyl (C=O) groups is 1. The maximum Gasteiger partial charge on any atom is 0.377 e. The van der Waals surface area contributed by atoms with Crippen molar-refractivity contribution in [1.82, 2.24) is 0 Å². The maximum absolute atomic E-state index is 13.6. The molecule has 3 nitrogen and oxygen atoms in total. The fraction of sp³-hybridized carbons (Fsp3) is 0.923. The molecule has 0 spiro atoms. The molecule has 2 N–H and O–H groups in total. The first-order valence-electron chi connectivity index (χ1n) is 6.34. The summed E-state index contributed by atoms with van der Waals surface area (Å²) in [6, 6.07) is 0. The molecule has 18 heavy (non-hydrogen) atoms. The SMILES string of the molecule is CC(C)(C)C1CCCC(O)(C(F)(F)C(=O)O)CC1. The Kier molecular flexibility index (Phi) is 4.06. The number of hydrogen-bond donors (Lipinski definition) is 2. The van der Waals surface area contributed by atoms with Gasteiger partial charge in [0, 0.05) is 0 Å². The average molecular weight is 264 g/mol. The van der Waals surface area contributed by atoms with Crippen LogP contribution >= 0.6 is 0 Å². The van der Waals surface area contributed by atoms with Crippen molar-refractivity contribution in [2.24, 2.45) is 11.3 Å². The van der Waals surface area contributed by atoms with E-state index in [9.17, 15) is 18.7 Å². The number of halogens is 2. The lowest BCUT2D eigenvalue weighted by molar-refractivity contribution is -0.211. The van der Waals surface area contributed by atoms with Gasteiger partial charge in [-0.25, -0.2) is 4.79 Å². The molecule has 5 heteroatoms. The highest BCUT2D eigenvalue weighted by molar-refractivity contribution is 5.77. The van der Waals surface area contributed by atoms with Gasteiger partial charge in [0.25, 0.3) is 0 Å². The summed E-state index contributed by atoms with van der Waals surface area (Å²) in [6.45, 7) is 6.12. The summed E-state index contributed by atoms with van der Waals surface area (Å²) in [7, 11) is 0. The first kappa shape index (κ1) is 15.3. The Morgan fingerprint density at radius 3 is 2.22 bits per heavy atom. The Bertz CT molecular complexity index is 323. The molecule has 1 fully saturated rings. The molecule has 2 atom stereocenters. The highest BCUT2D eigenvalue weighted by atomic mass is 19.3. The molecule has 0 aromatic heterocycles. The summed E-state index contributed by atoms with van der Waals surface area (Å²) in [6.07, 6.45) is 1.30. The van der Waals surface area contributed by atoms with Gasteiger partial charge in [0.1, 0.15) is 5.60 Å². The predicted molar refractivity (Wildman–Crippen MR) is 63.6 cm³/mol. The summed E-state index contributed by atoms with van der Waals surface area (Å²) in [5.41, 5.74) is -2.41. The fourth-order valence-corrected chi connectivity index (χ4v) is 2.70. The van der Waals surface area contributed by atoms with Crippen LogP contribution in [-0.4, -0.2) is 27.7 Å². The highest BCUT2D eigenvalue weighted by Crippen LogP contribution is 2.45. The average Bonchev–Trinajstić information content (AvgIpc) is 2.40. The van der Waals surface area contributed by atoms with E-state index in [0.29, 0.717) is 12.8 Å². The van der Waals surface area contributed by atoms with Crippen LogP contribution in [-0.2, 0) is 4.79 Å². The van der Waals surface area contributed by atoms with Gasteiger partial charge in [-0.05, 0) is 37.0 Å².